The van der Waals surface area contributed by atoms with Crippen LogP contribution in [0.2, 0.25) is 0 Å². The van der Waals surface area contributed by atoms with Crippen molar-refractivity contribution in [2.75, 3.05) is 5.73 Å². The van der Waals surface area contributed by atoms with E-state index in [4.69, 9.17) is 15.2 Å². The molecule has 0 bridgehead atoms. The fraction of sp³-hybridized carbons (Fsp3) is 0.250. The van der Waals surface area contributed by atoms with E-state index in [1.54, 1.807) is 18.6 Å². The van der Waals surface area contributed by atoms with Gasteiger partial charge in [-0.3, -0.25) is 4.98 Å². The van der Waals surface area contributed by atoms with Gasteiger partial charge in [0.05, 0.1) is 17.6 Å². The number of hydrogen-bond donors (Lipinski definition) is 2. The van der Waals surface area contributed by atoms with Crippen molar-refractivity contribution in [3.63, 3.8) is 0 Å². The Kier molecular flexibility index (Phi) is 5.52. The highest BCUT2D eigenvalue weighted by Crippen LogP contribution is 2.39. The highest BCUT2D eigenvalue weighted by molar-refractivity contribution is 5.66. The molecule has 158 valence electrons. The molecule has 0 aliphatic heterocycles. The number of benzene rings is 1. The first kappa shape index (κ1) is 20.7. The number of nitrogen functional groups attached to an aromatic ring is 1. The summed E-state index contributed by atoms with van der Waals surface area (Å²) in [6.45, 7) is 6.27. The van der Waals surface area contributed by atoms with Crippen LogP contribution in [0.1, 0.15) is 37.7 Å². The minimum absolute atomic E-state index is 0.146. The lowest BCUT2D eigenvalue weighted by Gasteiger charge is -2.31. The third kappa shape index (κ3) is 3.80. The largest absolute Gasteiger partial charge is 0.392 e. The van der Waals surface area contributed by atoms with Gasteiger partial charge in [-0.15, -0.1) is 0 Å². The molecule has 0 saturated carbocycles. The van der Waals surface area contributed by atoms with Gasteiger partial charge in [-0.25, -0.2) is 4.98 Å². The van der Waals surface area contributed by atoms with E-state index in [2.05, 4.69) is 48.0 Å². The van der Waals surface area contributed by atoms with Crippen LogP contribution in [0.25, 0.3) is 22.6 Å². The molecule has 31 heavy (non-hydrogen) atoms. The molecule has 0 aliphatic carbocycles. The van der Waals surface area contributed by atoms with Crippen molar-refractivity contribution in [1.29, 1.82) is 0 Å². The van der Waals surface area contributed by atoms with Gasteiger partial charge in [0.2, 0.25) is 0 Å². The lowest BCUT2D eigenvalue weighted by molar-refractivity contribution is 0.282. The van der Waals surface area contributed by atoms with Gasteiger partial charge in [0.1, 0.15) is 5.82 Å². The maximum Gasteiger partial charge on any atom is 0.259 e. The van der Waals surface area contributed by atoms with Gasteiger partial charge in [0.15, 0.2) is 5.82 Å². The predicted molar refractivity (Wildman–Crippen MR) is 119 cm³/mol. The van der Waals surface area contributed by atoms with E-state index in [9.17, 15) is 5.11 Å². The van der Waals surface area contributed by atoms with Crippen molar-refractivity contribution in [2.45, 2.75) is 32.8 Å². The minimum Gasteiger partial charge on any atom is -0.392 e. The molecule has 1 unspecified atom stereocenters. The Morgan fingerprint density at radius 1 is 1.06 bits per heavy atom. The Bertz CT molecular complexity index is 1170. The molecule has 0 saturated heterocycles. The molecule has 7 heteroatoms. The molecule has 0 aliphatic rings. The molecule has 7 nitrogen and oxygen atoms in total. The summed E-state index contributed by atoms with van der Waals surface area (Å²) in [6.07, 6.45) is 5.13. The zero-order valence-electron chi connectivity index (χ0n) is 17.8. The predicted octanol–water partition coefficient (Wildman–Crippen LogP) is 4.23. The molecular weight excluding hydrogens is 390 g/mol. The lowest BCUT2D eigenvalue weighted by Crippen LogP contribution is -2.31. The number of pyridine rings is 2. The molecule has 0 radical (unpaired) electrons. The zero-order valence-corrected chi connectivity index (χ0v) is 17.8. The fourth-order valence-electron chi connectivity index (χ4n) is 3.58. The second kappa shape index (κ2) is 8.28. The summed E-state index contributed by atoms with van der Waals surface area (Å²) in [5.74, 6) is 1.65. The van der Waals surface area contributed by atoms with Crippen molar-refractivity contribution in [3.05, 3.63) is 78.0 Å². The Hall–Kier alpha value is -3.58. The topological polar surface area (TPSA) is 111 Å². The first-order chi connectivity index (χ1) is 14.9. The van der Waals surface area contributed by atoms with Gasteiger partial charge in [0, 0.05) is 29.7 Å². The van der Waals surface area contributed by atoms with E-state index in [0.29, 0.717) is 23.1 Å². The lowest BCUT2D eigenvalue weighted by atomic mass is 9.72. The quantitative estimate of drug-likeness (QED) is 0.485. The number of nitrogens with zero attached hydrogens (tertiary/aromatic N) is 4. The first-order valence-corrected chi connectivity index (χ1v) is 10.1. The normalized spacial score (nSPS) is 13.3. The molecule has 1 atom stereocenters. The van der Waals surface area contributed by atoms with Crippen LogP contribution in [-0.2, 0) is 12.0 Å². The van der Waals surface area contributed by atoms with Gasteiger partial charge in [-0.1, -0.05) is 43.3 Å². The Morgan fingerprint density at radius 2 is 1.84 bits per heavy atom. The Balaban J connectivity index is 1.70. The van der Waals surface area contributed by atoms with Gasteiger partial charge in [0.25, 0.3) is 5.89 Å². The van der Waals surface area contributed by atoms with Crippen molar-refractivity contribution >= 4 is 5.82 Å². The second-order valence-electron chi connectivity index (χ2n) is 8.03. The van der Waals surface area contributed by atoms with E-state index in [1.165, 1.54) is 0 Å². The number of rotatable bonds is 6. The number of hydrogen-bond acceptors (Lipinski definition) is 7. The smallest absolute Gasteiger partial charge is 0.259 e. The number of anilines is 1. The zero-order chi connectivity index (χ0) is 22.0. The standard InChI is InChI=1S/C24H25N5O2/c1-15(2)24(3,23-28-22(31-29-23)17-5-4-10-26-12-17)20-8-6-16(7-9-20)18-11-19(14-30)21(25)27-13-18/h4-13,15,30H,14H2,1-3H3,(H2,25,27). The molecule has 0 spiro atoms. The van der Waals surface area contributed by atoms with Crippen molar-refractivity contribution < 1.29 is 9.63 Å². The van der Waals surface area contributed by atoms with Gasteiger partial charge in [-0.05, 0) is 42.2 Å². The van der Waals surface area contributed by atoms with Crippen LogP contribution in [0.15, 0.2) is 65.6 Å². The second-order valence-corrected chi connectivity index (χ2v) is 8.03. The van der Waals surface area contributed by atoms with E-state index < -0.39 is 5.41 Å². The van der Waals surface area contributed by atoms with Crippen LogP contribution >= 0.6 is 0 Å². The first-order valence-electron chi connectivity index (χ1n) is 10.1. The van der Waals surface area contributed by atoms with Crippen molar-refractivity contribution in [3.8, 4) is 22.6 Å². The third-order valence-electron chi connectivity index (χ3n) is 5.94. The highest BCUT2D eigenvalue weighted by Gasteiger charge is 2.37. The van der Waals surface area contributed by atoms with Crippen LogP contribution in [0, 0.1) is 5.92 Å². The Morgan fingerprint density at radius 3 is 2.48 bits per heavy atom. The van der Waals surface area contributed by atoms with Crippen molar-refractivity contribution in [2.24, 2.45) is 5.92 Å². The summed E-state index contributed by atoms with van der Waals surface area (Å²) in [6, 6.07) is 13.8. The molecule has 3 heterocycles. The fourth-order valence-corrected chi connectivity index (χ4v) is 3.58. The molecule has 1 aromatic carbocycles. The van der Waals surface area contributed by atoms with Crippen LogP contribution < -0.4 is 5.73 Å². The van der Waals surface area contributed by atoms with E-state index in [-0.39, 0.29) is 12.5 Å². The summed E-state index contributed by atoms with van der Waals surface area (Å²) < 4.78 is 5.55. The van der Waals surface area contributed by atoms with E-state index in [1.807, 2.05) is 30.3 Å². The van der Waals surface area contributed by atoms with Crippen LogP contribution in [0.4, 0.5) is 5.82 Å². The minimum atomic E-state index is -0.446. The number of aliphatic hydroxyl groups is 1. The molecule has 3 N–H and O–H groups in total. The molecule has 4 aromatic rings. The average Bonchev–Trinajstić information content (AvgIpc) is 3.30. The summed E-state index contributed by atoms with van der Waals surface area (Å²) >= 11 is 0. The maximum absolute atomic E-state index is 9.47. The maximum atomic E-state index is 9.47. The van der Waals surface area contributed by atoms with Crippen LogP contribution in [-0.4, -0.2) is 25.2 Å². The molecule has 3 aromatic heterocycles. The summed E-state index contributed by atoms with van der Waals surface area (Å²) in [5, 5.41) is 13.8. The van der Waals surface area contributed by atoms with Crippen LogP contribution in [0.3, 0.4) is 0 Å². The average molecular weight is 415 g/mol. The summed E-state index contributed by atoms with van der Waals surface area (Å²) in [7, 11) is 0. The monoisotopic (exact) mass is 415 g/mol. The third-order valence-corrected chi connectivity index (χ3v) is 5.94. The summed E-state index contributed by atoms with van der Waals surface area (Å²) in [4.78, 5) is 13.0. The number of aromatic nitrogens is 4. The van der Waals surface area contributed by atoms with Gasteiger partial charge >= 0.3 is 0 Å². The Labute approximate surface area is 181 Å². The van der Waals surface area contributed by atoms with Gasteiger partial charge < -0.3 is 15.4 Å². The van der Waals surface area contributed by atoms with Gasteiger partial charge in [-0.2, -0.15) is 4.98 Å². The molecular formula is C24H25N5O2. The molecule has 4 rings (SSSR count). The molecule has 0 fully saturated rings. The van der Waals surface area contributed by atoms with Crippen molar-refractivity contribution in [1.82, 2.24) is 20.1 Å². The SMILES string of the molecule is CC(C)C(C)(c1ccc(-c2cnc(N)c(CO)c2)cc1)c1noc(-c2cccnc2)n1. The summed E-state index contributed by atoms with van der Waals surface area (Å²) in [5.41, 5.74) is 9.73. The number of nitrogens with two attached hydrogens (primary N) is 1. The van der Waals surface area contributed by atoms with E-state index >= 15 is 0 Å². The van der Waals surface area contributed by atoms with Crippen LogP contribution in [0.5, 0.6) is 0 Å². The number of aliphatic hydroxyl groups excluding tert-OH is 1. The highest BCUT2D eigenvalue weighted by atomic mass is 16.5. The molecule has 0 amide bonds. The van der Waals surface area contributed by atoms with E-state index in [0.717, 1.165) is 22.3 Å².